The fraction of sp³-hybridized carbons (Fsp3) is 0.385. The highest BCUT2D eigenvalue weighted by Crippen LogP contribution is 2.39. The van der Waals surface area contributed by atoms with Crippen molar-refractivity contribution in [3.05, 3.63) is 46.3 Å². The lowest BCUT2D eigenvalue weighted by Gasteiger charge is -2.16. The summed E-state index contributed by atoms with van der Waals surface area (Å²) < 4.78 is 20.1. The van der Waals surface area contributed by atoms with Gasteiger partial charge in [0.05, 0.1) is 36.6 Å². The summed E-state index contributed by atoms with van der Waals surface area (Å²) in [6.07, 6.45) is 5.61. The molecule has 0 saturated carbocycles. The largest absolute Gasteiger partial charge is 0.490 e. The fourth-order valence-electron chi connectivity index (χ4n) is 3.44. The normalized spacial score (nSPS) is 11.6. The van der Waals surface area contributed by atoms with Gasteiger partial charge in [0.2, 0.25) is 5.75 Å². The van der Waals surface area contributed by atoms with Crippen LogP contribution in [0.2, 0.25) is 0 Å². The zero-order valence-electron chi connectivity index (χ0n) is 19.8. The molecule has 0 radical (unpaired) electrons. The molecule has 3 aromatic rings. The third-order valence-corrected chi connectivity index (χ3v) is 6.02. The highest BCUT2D eigenvalue weighted by Gasteiger charge is 2.19. The molecule has 0 bridgehead atoms. The number of benzene rings is 2. The molecule has 1 amide bonds. The van der Waals surface area contributed by atoms with Gasteiger partial charge in [-0.25, -0.2) is 0 Å². The van der Waals surface area contributed by atoms with Gasteiger partial charge >= 0.3 is 0 Å². The Morgan fingerprint density at radius 2 is 1.70 bits per heavy atom. The summed E-state index contributed by atoms with van der Waals surface area (Å²) >= 11 is 1.45. The first-order valence-electron chi connectivity index (χ1n) is 11.2. The number of amides is 1. The minimum Gasteiger partial charge on any atom is -0.490 e. The van der Waals surface area contributed by atoms with Gasteiger partial charge in [0, 0.05) is 5.56 Å². The lowest BCUT2D eigenvalue weighted by molar-refractivity contribution is 0.0996. The molecule has 0 aliphatic carbocycles. The number of rotatable bonds is 9. The van der Waals surface area contributed by atoms with Crippen LogP contribution in [0.1, 0.15) is 56.5 Å². The van der Waals surface area contributed by atoms with Gasteiger partial charge in [-0.05, 0) is 56.5 Å². The Bertz CT molecular complexity index is 1220. The maximum Gasteiger partial charge on any atom is 0.279 e. The predicted molar refractivity (Wildman–Crippen MR) is 133 cm³/mol. The van der Waals surface area contributed by atoms with Crippen LogP contribution in [0.25, 0.3) is 10.2 Å². The van der Waals surface area contributed by atoms with Gasteiger partial charge in [0.1, 0.15) is 0 Å². The van der Waals surface area contributed by atoms with E-state index in [9.17, 15) is 4.79 Å². The minimum absolute atomic E-state index is 0.324. The second-order valence-corrected chi connectivity index (χ2v) is 8.58. The number of carbonyl (C=O) groups is 1. The molecule has 3 rings (SSSR count). The number of carbonyl (C=O) groups excluding carboxylic acids is 1. The summed E-state index contributed by atoms with van der Waals surface area (Å²) in [7, 11) is 0. The van der Waals surface area contributed by atoms with Crippen molar-refractivity contribution in [2.24, 2.45) is 4.99 Å². The Morgan fingerprint density at radius 1 is 1.06 bits per heavy atom. The molecule has 0 spiro atoms. The number of ether oxygens (including phenoxy) is 3. The predicted octanol–water partition coefficient (Wildman–Crippen LogP) is 5.40. The summed E-state index contributed by atoms with van der Waals surface area (Å²) in [4.78, 5) is 18.2. The Labute approximate surface area is 198 Å². The molecule has 0 fully saturated rings. The van der Waals surface area contributed by atoms with E-state index in [2.05, 4.69) is 36.9 Å². The van der Waals surface area contributed by atoms with Gasteiger partial charge in [0.25, 0.3) is 5.91 Å². The summed E-state index contributed by atoms with van der Waals surface area (Å²) in [5.74, 6) is 4.07. The van der Waals surface area contributed by atoms with E-state index in [4.69, 9.17) is 20.6 Å². The van der Waals surface area contributed by atoms with Gasteiger partial charge in [0.15, 0.2) is 16.3 Å². The van der Waals surface area contributed by atoms with Crippen molar-refractivity contribution in [3.63, 3.8) is 0 Å². The number of terminal acetylenes is 1. The number of hydrogen-bond acceptors (Lipinski definition) is 5. The third-order valence-electron chi connectivity index (χ3n) is 4.98. The topological polar surface area (TPSA) is 62.1 Å². The van der Waals surface area contributed by atoms with Crippen molar-refractivity contribution in [1.82, 2.24) is 4.57 Å². The van der Waals surface area contributed by atoms with Crippen LogP contribution in [0.3, 0.4) is 0 Å². The molecule has 0 N–H and O–H groups in total. The fourth-order valence-corrected chi connectivity index (χ4v) is 4.52. The second kappa shape index (κ2) is 11.1. The molecule has 0 saturated heterocycles. The van der Waals surface area contributed by atoms with Gasteiger partial charge in [-0.2, -0.15) is 4.99 Å². The van der Waals surface area contributed by atoms with Crippen LogP contribution in [-0.2, 0) is 6.54 Å². The van der Waals surface area contributed by atoms with E-state index in [1.807, 2.05) is 31.4 Å². The van der Waals surface area contributed by atoms with Crippen LogP contribution >= 0.6 is 11.3 Å². The molecule has 0 aliphatic heterocycles. The first kappa shape index (κ1) is 24.4. The Morgan fingerprint density at radius 3 is 2.24 bits per heavy atom. The van der Waals surface area contributed by atoms with Crippen molar-refractivity contribution < 1.29 is 19.0 Å². The average molecular weight is 467 g/mol. The maximum absolute atomic E-state index is 13.2. The SMILES string of the molecule is C#CCn1c(=NC(=O)c2cc(OCC)c(OCC)c(OCC)c2)sc2cc(C(C)C)ccc21. The molecule has 2 aromatic carbocycles. The van der Waals surface area contributed by atoms with E-state index in [0.717, 1.165) is 10.2 Å². The monoisotopic (exact) mass is 466 g/mol. The first-order chi connectivity index (χ1) is 15.9. The summed E-state index contributed by atoms with van der Waals surface area (Å²) in [5, 5.41) is 0. The lowest BCUT2D eigenvalue weighted by atomic mass is 10.0. The van der Waals surface area contributed by atoms with Gasteiger partial charge < -0.3 is 18.8 Å². The van der Waals surface area contributed by atoms with Crippen molar-refractivity contribution in [3.8, 4) is 29.6 Å². The van der Waals surface area contributed by atoms with Gasteiger partial charge in [-0.15, -0.1) is 6.42 Å². The zero-order chi connectivity index (χ0) is 24.0. The Balaban J connectivity index is 2.14. The molecule has 174 valence electrons. The number of nitrogens with zero attached hydrogens (tertiary/aromatic N) is 2. The minimum atomic E-state index is -0.402. The van der Waals surface area contributed by atoms with E-state index in [1.165, 1.54) is 16.9 Å². The molecule has 0 atom stereocenters. The molecule has 33 heavy (non-hydrogen) atoms. The molecule has 1 aromatic heterocycles. The van der Waals surface area contributed by atoms with E-state index in [0.29, 0.717) is 59.9 Å². The smallest absolute Gasteiger partial charge is 0.279 e. The molecule has 1 heterocycles. The quantitative estimate of drug-likeness (QED) is 0.396. The first-order valence-corrected chi connectivity index (χ1v) is 12.0. The zero-order valence-corrected chi connectivity index (χ0v) is 20.6. The Hall–Kier alpha value is -3.24. The van der Waals surface area contributed by atoms with Crippen molar-refractivity contribution in [1.29, 1.82) is 0 Å². The molecule has 0 aliphatic rings. The molecule has 6 nitrogen and oxygen atoms in total. The highest BCUT2D eigenvalue weighted by molar-refractivity contribution is 7.16. The average Bonchev–Trinajstić information content (AvgIpc) is 3.12. The van der Waals surface area contributed by atoms with Crippen LogP contribution in [0, 0.1) is 12.3 Å². The lowest BCUT2D eigenvalue weighted by Crippen LogP contribution is -2.16. The molecule has 7 heteroatoms. The highest BCUT2D eigenvalue weighted by atomic mass is 32.1. The van der Waals surface area contributed by atoms with E-state index >= 15 is 0 Å². The van der Waals surface area contributed by atoms with Gasteiger partial charge in [-0.1, -0.05) is 37.2 Å². The number of thiazole rings is 1. The van der Waals surface area contributed by atoms with E-state index in [1.54, 1.807) is 12.1 Å². The molecule has 0 unspecified atom stereocenters. The summed E-state index contributed by atoms with van der Waals surface area (Å²) in [6, 6.07) is 9.57. The van der Waals surface area contributed by atoms with Crippen LogP contribution in [-0.4, -0.2) is 30.3 Å². The third kappa shape index (κ3) is 5.40. The summed E-state index contributed by atoms with van der Waals surface area (Å²) in [5.41, 5.74) is 2.55. The van der Waals surface area contributed by atoms with Crippen LogP contribution in [0.4, 0.5) is 0 Å². The standard InChI is InChI=1S/C26H30N2O4S/c1-7-13-28-20-12-11-18(17(5)6)16-23(20)33-26(28)27-25(29)19-14-21(30-8-2)24(32-10-4)22(15-19)31-9-3/h1,11-12,14-17H,8-10,13H2,2-6H3. The van der Waals surface area contributed by atoms with Crippen molar-refractivity contribution in [2.45, 2.75) is 47.1 Å². The Kier molecular flexibility index (Phi) is 8.18. The maximum atomic E-state index is 13.2. The number of hydrogen-bond donors (Lipinski definition) is 0. The van der Waals surface area contributed by atoms with Crippen LogP contribution in [0.5, 0.6) is 17.2 Å². The van der Waals surface area contributed by atoms with Crippen LogP contribution in [0.15, 0.2) is 35.3 Å². The van der Waals surface area contributed by atoms with E-state index in [-0.39, 0.29) is 0 Å². The van der Waals surface area contributed by atoms with Gasteiger partial charge in [-0.3, -0.25) is 4.79 Å². The number of aromatic nitrogens is 1. The second-order valence-electron chi connectivity index (χ2n) is 7.57. The van der Waals surface area contributed by atoms with Crippen molar-refractivity contribution in [2.75, 3.05) is 19.8 Å². The van der Waals surface area contributed by atoms with Crippen LogP contribution < -0.4 is 19.0 Å². The number of fused-ring (bicyclic) bond motifs is 1. The van der Waals surface area contributed by atoms with Crippen molar-refractivity contribution >= 4 is 27.5 Å². The molecular formula is C26H30N2O4S. The molecular weight excluding hydrogens is 436 g/mol. The summed E-state index contributed by atoms with van der Waals surface area (Å²) in [6.45, 7) is 11.6. The van der Waals surface area contributed by atoms with E-state index < -0.39 is 5.91 Å².